The Labute approximate surface area is 153 Å². The Bertz CT molecular complexity index is 1040. The number of benzene rings is 2. The second-order valence-electron chi connectivity index (χ2n) is 6.02. The zero-order valence-corrected chi connectivity index (χ0v) is 14.7. The van der Waals surface area contributed by atoms with E-state index in [4.69, 9.17) is 0 Å². The second-order valence-corrected chi connectivity index (χ2v) is 7.20. The normalized spacial score (nSPS) is 17.0. The maximum atomic E-state index is 14.2. The van der Waals surface area contributed by atoms with E-state index in [1.807, 2.05) is 0 Å². The van der Waals surface area contributed by atoms with Gasteiger partial charge in [0, 0.05) is 23.2 Å². The zero-order valence-electron chi connectivity index (χ0n) is 13.8. The molecular weight excluding hydrogens is 353 g/mol. The van der Waals surface area contributed by atoms with Gasteiger partial charge in [-0.15, -0.1) is 11.8 Å². The van der Waals surface area contributed by atoms with Gasteiger partial charge in [0.05, 0.1) is 11.7 Å². The van der Waals surface area contributed by atoms with E-state index in [0.29, 0.717) is 23.0 Å². The fraction of sp³-hybridized carbons (Fsp3) is 0.211. The van der Waals surface area contributed by atoms with E-state index in [-0.39, 0.29) is 29.1 Å². The molecule has 7 heteroatoms. The average Bonchev–Trinajstić information content (AvgIpc) is 3.14. The van der Waals surface area contributed by atoms with E-state index in [9.17, 15) is 14.0 Å². The molecule has 0 unspecified atom stereocenters. The minimum atomic E-state index is -0.339. The summed E-state index contributed by atoms with van der Waals surface area (Å²) in [4.78, 5) is 26.5. The van der Waals surface area contributed by atoms with Crippen molar-refractivity contribution < 1.29 is 9.18 Å². The maximum Gasteiger partial charge on any atom is 0.245 e. The lowest BCUT2D eigenvalue weighted by atomic mass is 10.2. The molecule has 1 saturated heterocycles. The maximum absolute atomic E-state index is 14.2. The van der Waals surface area contributed by atoms with Gasteiger partial charge in [-0.3, -0.25) is 14.3 Å². The van der Waals surface area contributed by atoms with E-state index < -0.39 is 0 Å². The summed E-state index contributed by atoms with van der Waals surface area (Å²) in [6.07, 6.45) is 1.22. The lowest BCUT2D eigenvalue weighted by Crippen LogP contribution is -2.34. The fourth-order valence-electron chi connectivity index (χ4n) is 3.16. The predicted octanol–water partition coefficient (Wildman–Crippen LogP) is 2.81. The number of para-hydroxylation sites is 1. The minimum Gasteiger partial charge on any atom is -0.324 e. The highest BCUT2D eigenvalue weighted by atomic mass is 32.2. The smallest absolute Gasteiger partial charge is 0.245 e. The first-order valence-corrected chi connectivity index (χ1v) is 9.30. The first kappa shape index (κ1) is 16.8. The lowest BCUT2D eigenvalue weighted by Gasteiger charge is -2.25. The van der Waals surface area contributed by atoms with Crippen LogP contribution in [0.15, 0.2) is 59.5 Å². The van der Waals surface area contributed by atoms with Crippen LogP contribution in [0.1, 0.15) is 10.9 Å². The van der Waals surface area contributed by atoms with Crippen molar-refractivity contribution in [1.82, 2.24) is 14.7 Å². The van der Waals surface area contributed by atoms with E-state index in [2.05, 4.69) is 5.10 Å². The lowest BCUT2D eigenvalue weighted by molar-refractivity contribution is -0.132. The molecule has 0 saturated carbocycles. The number of carbonyl (C=O) groups is 1. The van der Waals surface area contributed by atoms with E-state index in [0.717, 1.165) is 5.75 Å². The van der Waals surface area contributed by atoms with Gasteiger partial charge in [-0.1, -0.05) is 30.3 Å². The number of hydrogen-bond acceptors (Lipinski definition) is 4. The molecule has 3 aromatic rings. The third-order valence-electron chi connectivity index (χ3n) is 4.43. The molecule has 26 heavy (non-hydrogen) atoms. The van der Waals surface area contributed by atoms with E-state index >= 15 is 0 Å². The molecule has 1 amide bonds. The molecule has 1 atom stereocenters. The number of amides is 1. The van der Waals surface area contributed by atoms with Gasteiger partial charge in [0.15, 0.2) is 0 Å². The van der Waals surface area contributed by atoms with Crippen molar-refractivity contribution in [3.8, 4) is 0 Å². The van der Waals surface area contributed by atoms with Crippen molar-refractivity contribution in [2.24, 2.45) is 0 Å². The number of aromatic nitrogens is 2. The van der Waals surface area contributed by atoms with Crippen LogP contribution in [0.4, 0.5) is 4.39 Å². The highest BCUT2D eigenvalue weighted by Crippen LogP contribution is 2.39. The molecule has 5 nitrogen and oxygen atoms in total. The van der Waals surface area contributed by atoms with Crippen LogP contribution in [-0.4, -0.2) is 32.9 Å². The molecule has 0 bridgehead atoms. The summed E-state index contributed by atoms with van der Waals surface area (Å²) < 4.78 is 15.7. The van der Waals surface area contributed by atoms with Crippen molar-refractivity contribution in [2.45, 2.75) is 11.9 Å². The van der Waals surface area contributed by atoms with Crippen molar-refractivity contribution >= 4 is 28.6 Å². The van der Waals surface area contributed by atoms with Gasteiger partial charge in [0.2, 0.25) is 11.3 Å². The topological polar surface area (TPSA) is 55.2 Å². The van der Waals surface area contributed by atoms with Crippen molar-refractivity contribution in [1.29, 1.82) is 0 Å². The third-order valence-corrected chi connectivity index (χ3v) is 5.67. The highest BCUT2D eigenvalue weighted by molar-refractivity contribution is 7.99. The molecule has 1 aliphatic rings. The van der Waals surface area contributed by atoms with Gasteiger partial charge in [-0.25, -0.2) is 4.39 Å². The van der Waals surface area contributed by atoms with Crippen molar-refractivity contribution in [3.05, 3.63) is 76.3 Å². The average molecular weight is 369 g/mol. The number of nitrogens with zero attached hydrogens (tertiary/aromatic N) is 3. The number of halogens is 1. The van der Waals surface area contributed by atoms with Crippen molar-refractivity contribution in [2.75, 3.05) is 12.3 Å². The van der Waals surface area contributed by atoms with E-state index in [1.165, 1.54) is 16.9 Å². The summed E-state index contributed by atoms with van der Waals surface area (Å²) in [5.74, 6) is 0.296. The zero-order chi connectivity index (χ0) is 18.1. The van der Waals surface area contributed by atoms with Gasteiger partial charge < -0.3 is 4.90 Å². The van der Waals surface area contributed by atoms with Crippen LogP contribution in [0.2, 0.25) is 0 Å². The largest absolute Gasteiger partial charge is 0.324 e. The Hall–Kier alpha value is -2.67. The number of fused-ring (bicyclic) bond motifs is 1. The van der Waals surface area contributed by atoms with E-state index in [1.54, 1.807) is 59.1 Å². The molecule has 1 fully saturated rings. The van der Waals surface area contributed by atoms with Gasteiger partial charge in [-0.2, -0.15) is 5.10 Å². The molecule has 4 rings (SSSR count). The molecule has 2 heterocycles. The van der Waals surface area contributed by atoms with Crippen molar-refractivity contribution in [3.63, 3.8) is 0 Å². The highest BCUT2D eigenvalue weighted by Gasteiger charge is 2.32. The van der Waals surface area contributed by atoms with Gasteiger partial charge in [0.25, 0.3) is 0 Å². The molecule has 1 aliphatic heterocycles. The van der Waals surface area contributed by atoms with Crippen LogP contribution in [0, 0.1) is 5.82 Å². The molecule has 0 N–H and O–H groups in total. The standard InChI is InChI=1S/C19H16FN3O2S/c20-15-7-3-1-5-13(15)19-22(9-10-26-19)18(25)12-23-16-8-4-2-6-14(16)17(24)11-21-23/h1-8,11,19H,9-10,12H2/t19-/m1/s1. The number of rotatable bonds is 3. The Morgan fingerprint density at radius 2 is 1.96 bits per heavy atom. The van der Waals surface area contributed by atoms with Crippen LogP contribution in [0.5, 0.6) is 0 Å². The van der Waals surface area contributed by atoms with Crippen LogP contribution in [-0.2, 0) is 11.3 Å². The fourth-order valence-corrected chi connectivity index (χ4v) is 4.46. The van der Waals surface area contributed by atoms with Gasteiger partial charge in [-0.05, 0) is 18.2 Å². The Morgan fingerprint density at radius 3 is 2.81 bits per heavy atom. The Kier molecular flexibility index (Phi) is 4.46. The molecule has 2 aromatic carbocycles. The number of carbonyl (C=O) groups excluding carboxylic acids is 1. The molecule has 0 aliphatic carbocycles. The first-order chi connectivity index (χ1) is 12.6. The Balaban J connectivity index is 1.64. The monoisotopic (exact) mass is 369 g/mol. The minimum absolute atomic E-state index is 0.00626. The number of thioether (sulfide) groups is 1. The molecule has 1 aromatic heterocycles. The molecular formula is C19H16FN3O2S. The quantitative estimate of drug-likeness (QED) is 0.712. The van der Waals surface area contributed by atoms with Gasteiger partial charge >= 0.3 is 0 Å². The van der Waals surface area contributed by atoms with Crippen LogP contribution < -0.4 is 5.43 Å². The van der Waals surface area contributed by atoms with Crippen LogP contribution in [0.25, 0.3) is 10.9 Å². The summed E-state index contributed by atoms with van der Waals surface area (Å²) in [7, 11) is 0. The molecule has 132 valence electrons. The summed E-state index contributed by atoms with van der Waals surface area (Å²) in [5.41, 5.74) is 0.953. The van der Waals surface area contributed by atoms with Gasteiger partial charge in [0.1, 0.15) is 17.7 Å². The summed E-state index contributed by atoms with van der Waals surface area (Å²) in [6, 6.07) is 13.6. The summed E-state index contributed by atoms with van der Waals surface area (Å²) in [6.45, 7) is 0.562. The second kappa shape index (κ2) is 6.92. The summed E-state index contributed by atoms with van der Waals surface area (Å²) >= 11 is 1.55. The molecule has 0 spiro atoms. The predicted molar refractivity (Wildman–Crippen MR) is 99.3 cm³/mol. The number of hydrogen-bond donors (Lipinski definition) is 0. The first-order valence-electron chi connectivity index (χ1n) is 8.25. The van der Waals surface area contributed by atoms with Crippen LogP contribution in [0.3, 0.4) is 0 Å². The van der Waals surface area contributed by atoms with Crippen LogP contribution >= 0.6 is 11.8 Å². The molecule has 0 radical (unpaired) electrons. The summed E-state index contributed by atoms with van der Waals surface area (Å²) in [5, 5.41) is 4.30. The Morgan fingerprint density at radius 1 is 1.19 bits per heavy atom. The SMILES string of the molecule is O=C(Cn1ncc(=O)c2ccccc21)N1CCS[C@@H]1c1ccccc1F. The third kappa shape index (κ3) is 2.99.